The number of rotatable bonds is 3. The van der Waals surface area contributed by atoms with Crippen LogP contribution >= 0.6 is 11.6 Å². The van der Waals surface area contributed by atoms with Crippen LogP contribution in [0.1, 0.15) is 31.2 Å². The molecule has 1 aliphatic carbocycles. The summed E-state index contributed by atoms with van der Waals surface area (Å²) in [4.78, 5) is 12.2. The molecular weight excluding hydrogens is 248 g/mol. The summed E-state index contributed by atoms with van der Waals surface area (Å²) in [5.74, 6) is 0.130. The van der Waals surface area contributed by atoms with Crippen molar-refractivity contribution in [2.24, 2.45) is 0 Å². The minimum absolute atomic E-state index is 0.0124. The first kappa shape index (κ1) is 12.0. The van der Waals surface area contributed by atoms with Crippen LogP contribution in [-0.4, -0.2) is 18.5 Å². The van der Waals surface area contributed by atoms with Gasteiger partial charge in [0.05, 0.1) is 11.6 Å². The van der Waals surface area contributed by atoms with Gasteiger partial charge in [0.1, 0.15) is 0 Å². The quantitative estimate of drug-likeness (QED) is 0.879. The Hall–Kier alpha value is -1.06. The van der Waals surface area contributed by atoms with Crippen LogP contribution in [0.5, 0.6) is 0 Å². The fourth-order valence-corrected chi connectivity index (χ4v) is 2.82. The molecule has 1 aromatic carbocycles. The molecule has 0 radical (unpaired) electrons. The highest BCUT2D eigenvalue weighted by Gasteiger charge is 2.46. The Morgan fingerprint density at radius 2 is 2.28 bits per heavy atom. The number of hydrogen-bond acceptors (Lipinski definition) is 2. The van der Waals surface area contributed by atoms with E-state index in [-0.39, 0.29) is 17.5 Å². The van der Waals surface area contributed by atoms with E-state index in [0.717, 1.165) is 42.8 Å². The van der Waals surface area contributed by atoms with Gasteiger partial charge in [-0.3, -0.25) is 4.79 Å². The van der Waals surface area contributed by atoms with E-state index in [1.54, 1.807) is 0 Å². The van der Waals surface area contributed by atoms with Crippen molar-refractivity contribution in [3.8, 4) is 0 Å². The Kier molecular flexibility index (Phi) is 3.04. The summed E-state index contributed by atoms with van der Waals surface area (Å²) in [6, 6.07) is 7.79. The minimum atomic E-state index is -0.160. The van der Waals surface area contributed by atoms with Gasteiger partial charge in [-0.25, -0.2) is 0 Å². The van der Waals surface area contributed by atoms with Crippen LogP contribution in [0.2, 0.25) is 5.02 Å². The molecule has 0 aromatic heterocycles. The Bertz CT molecular complexity index is 465. The molecule has 2 N–H and O–H groups in total. The first-order valence-corrected chi connectivity index (χ1v) is 6.89. The predicted octanol–water partition coefficient (Wildman–Crippen LogP) is 2.20. The van der Waals surface area contributed by atoms with Crippen molar-refractivity contribution >= 4 is 17.5 Å². The number of halogens is 1. The zero-order chi connectivity index (χ0) is 12.6. The van der Waals surface area contributed by atoms with Crippen molar-refractivity contribution < 1.29 is 4.79 Å². The average molecular weight is 265 g/mol. The molecule has 18 heavy (non-hydrogen) atoms. The van der Waals surface area contributed by atoms with Gasteiger partial charge in [-0.2, -0.15) is 0 Å². The minimum Gasteiger partial charge on any atom is -0.345 e. The number of carbonyl (C=O) groups is 1. The molecule has 0 bridgehead atoms. The predicted molar refractivity (Wildman–Crippen MR) is 71.5 cm³/mol. The van der Waals surface area contributed by atoms with Crippen LogP contribution in [0, 0.1) is 0 Å². The molecule has 1 amide bonds. The second-order valence-electron chi connectivity index (χ2n) is 5.23. The smallest absolute Gasteiger partial charge is 0.237 e. The average Bonchev–Trinajstić information content (AvgIpc) is 2.93. The molecule has 1 unspecified atom stereocenters. The molecule has 0 spiro atoms. The topological polar surface area (TPSA) is 41.1 Å². The van der Waals surface area contributed by atoms with Gasteiger partial charge in [0.2, 0.25) is 5.91 Å². The third-order valence-corrected chi connectivity index (χ3v) is 4.10. The number of hydrogen-bond donors (Lipinski definition) is 2. The van der Waals surface area contributed by atoms with Crippen molar-refractivity contribution in [3.05, 3.63) is 34.9 Å². The maximum atomic E-state index is 12.2. The molecule has 1 aromatic rings. The van der Waals surface area contributed by atoms with E-state index in [9.17, 15) is 4.79 Å². The van der Waals surface area contributed by atoms with Crippen LogP contribution in [-0.2, 0) is 10.3 Å². The van der Waals surface area contributed by atoms with Gasteiger partial charge in [0.25, 0.3) is 0 Å². The zero-order valence-corrected chi connectivity index (χ0v) is 11.0. The van der Waals surface area contributed by atoms with Gasteiger partial charge in [-0.1, -0.05) is 23.7 Å². The normalized spacial score (nSPS) is 24.8. The lowest BCUT2D eigenvalue weighted by Gasteiger charge is -2.20. The molecule has 1 atom stereocenters. The third-order valence-electron chi connectivity index (χ3n) is 3.87. The van der Waals surface area contributed by atoms with Gasteiger partial charge in [0.15, 0.2) is 0 Å². The van der Waals surface area contributed by atoms with Crippen molar-refractivity contribution in [2.75, 3.05) is 6.54 Å². The molecular formula is C14H17ClN2O. The lowest BCUT2D eigenvalue weighted by atomic mass is 10.0. The standard InChI is InChI=1S/C14H17ClN2O/c15-11-4-1-3-10(9-11)14(6-7-14)17-13(18)12-5-2-8-16-12/h1,3-4,9,12,16H,2,5-8H2,(H,17,18). The summed E-state index contributed by atoms with van der Waals surface area (Å²) in [6.45, 7) is 0.947. The van der Waals surface area contributed by atoms with Gasteiger partial charge >= 0.3 is 0 Å². The lowest BCUT2D eigenvalue weighted by Crippen LogP contribution is -2.45. The Morgan fingerprint density at radius 1 is 1.44 bits per heavy atom. The summed E-state index contributed by atoms with van der Waals surface area (Å²) in [7, 11) is 0. The maximum absolute atomic E-state index is 12.2. The summed E-state index contributed by atoms with van der Waals surface area (Å²) in [6.07, 6.45) is 4.04. The van der Waals surface area contributed by atoms with Crippen molar-refractivity contribution in [1.29, 1.82) is 0 Å². The summed E-state index contributed by atoms with van der Waals surface area (Å²) in [5, 5.41) is 7.15. The highest BCUT2D eigenvalue weighted by molar-refractivity contribution is 6.30. The number of carbonyl (C=O) groups excluding carboxylic acids is 1. The van der Waals surface area contributed by atoms with E-state index in [2.05, 4.69) is 10.6 Å². The molecule has 96 valence electrons. The molecule has 2 fully saturated rings. The zero-order valence-electron chi connectivity index (χ0n) is 10.2. The Labute approximate surface area is 112 Å². The van der Waals surface area contributed by atoms with Crippen LogP contribution in [0.25, 0.3) is 0 Å². The Morgan fingerprint density at radius 3 is 2.89 bits per heavy atom. The second kappa shape index (κ2) is 4.56. The maximum Gasteiger partial charge on any atom is 0.237 e. The van der Waals surface area contributed by atoms with E-state index in [0.29, 0.717) is 0 Å². The van der Waals surface area contributed by atoms with Crippen LogP contribution < -0.4 is 10.6 Å². The van der Waals surface area contributed by atoms with E-state index < -0.39 is 0 Å². The molecule has 1 heterocycles. The van der Waals surface area contributed by atoms with E-state index in [4.69, 9.17) is 11.6 Å². The van der Waals surface area contributed by atoms with Crippen LogP contribution in [0.3, 0.4) is 0 Å². The molecule has 1 saturated heterocycles. The number of amides is 1. The van der Waals surface area contributed by atoms with Gasteiger partial charge in [-0.05, 0) is 49.9 Å². The van der Waals surface area contributed by atoms with Gasteiger partial charge < -0.3 is 10.6 Å². The summed E-state index contributed by atoms with van der Waals surface area (Å²) < 4.78 is 0. The summed E-state index contributed by atoms with van der Waals surface area (Å²) in [5.41, 5.74) is 0.966. The third kappa shape index (κ3) is 2.25. The van der Waals surface area contributed by atoms with E-state index in [1.807, 2.05) is 24.3 Å². The molecule has 3 rings (SSSR count). The fraction of sp³-hybridized carbons (Fsp3) is 0.500. The molecule has 2 aliphatic rings. The SMILES string of the molecule is O=C(NC1(c2cccc(Cl)c2)CC1)C1CCCN1. The molecule has 1 saturated carbocycles. The van der Waals surface area contributed by atoms with Crippen molar-refractivity contribution in [2.45, 2.75) is 37.3 Å². The van der Waals surface area contributed by atoms with Crippen LogP contribution in [0.15, 0.2) is 24.3 Å². The van der Waals surface area contributed by atoms with E-state index >= 15 is 0 Å². The van der Waals surface area contributed by atoms with Crippen LogP contribution in [0.4, 0.5) is 0 Å². The molecule has 3 nitrogen and oxygen atoms in total. The monoisotopic (exact) mass is 264 g/mol. The van der Waals surface area contributed by atoms with Gasteiger partial charge in [0, 0.05) is 5.02 Å². The first-order valence-electron chi connectivity index (χ1n) is 6.51. The Balaban J connectivity index is 1.73. The van der Waals surface area contributed by atoms with E-state index in [1.165, 1.54) is 0 Å². The molecule has 4 heteroatoms. The first-order chi connectivity index (χ1) is 8.70. The van der Waals surface area contributed by atoms with Gasteiger partial charge in [-0.15, -0.1) is 0 Å². The lowest BCUT2D eigenvalue weighted by molar-refractivity contribution is -0.123. The number of benzene rings is 1. The highest BCUT2D eigenvalue weighted by Crippen LogP contribution is 2.46. The fourth-order valence-electron chi connectivity index (χ4n) is 2.63. The highest BCUT2D eigenvalue weighted by atomic mass is 35.5. The number of nitrogens with one attached hydrogen (secondary N) is 2. The van der Waals surface area contributed by atoms with Crippen molar-refractivity contribution in [3.63, 3.8) is 0 Å². The summed E-state index contributed by atoms with van der Waals surface area (Å²) >= 11 is 6.02. The second-order valence-corrected chi connectivity index (χ2v) is 5.67. The van der Waals surface area contributed by atoms with Crippen molar-refractivity contribution in [1.82, 2.24) is 10.6 Å². The molecule has 1 aliphatic heterocycles. The largest absolute Gasteiger partial charge is 0.345 e.